The molecule has 6 heteroatoms. The lowest BCUT2D eigenvalue weighted by Crippen LogP contribution is -2.01. The van der Waals surface area contributed by atoms with Crippen LogP contribution in [-0.4, -0.2) is 22.8 Å². The SMILES string of the molecule is O=C(O)c1cc(F)c(Oc2ccc(CCO)cc2)c(F)c1. The van der Waals surface area contributed by atoms with Crippen molar-refractivity contribution in [3.8, 4) is 11.5 Å². The number of aromatic carboxylic acids is 1. The molecule has 0 bridgehead atoms. The van der Waals surface area contributed by atoms with Gasteiger partial charge in [-0.2, -0.15) is 0 Å². The topological polar surface area (TPSA) is 66.8 Å². The number of hydrogen-bond donors (Lipinski definition) is 2. The molecule has 21 heavy (non-hydrogen) atoms. The van der Waals surface area contributed by atoms with E-state index in [9.17, 15) is 13.6 Å². The first kappa shape index (κ1) is 14.9. The van der Waals surface area contributed by atoms with Gasteiger partial charge in [-0.25, -0.2) is 13.6 Å². The Kier molecular flexibility index (Phi) is 4.49. The van der Waals surface area contributed by atoms with E-state index < -0.39 is 28.9 Å². The smallest absolute Gasteiger partial charge is 0.335 e. The molecule has 2 aromatic rings. The summed E-state index contributed by atoms with van der Waals surface area (Å²) in [5, 5.41) is 17.5. The van der Waals surface area contributed by atoms with Gasteiger partial charge in [-0.1, -0.05) is 12.1 Å². The number of hydrogen-bond acceptors (Lipinski definition) is 3. The van der Waals surface area contributed by atoms with Crippen molar-refractivity contribution in [1.29, 1.82) is 0 Å². The minimum absolute atomic E-state index is 0.000110. The number of carbonyl (C=O) groups is 1. The van der Waals surface area contributed by atoms with Gasteiger partial charge in [0.05, 0.1) is 5.56 Å². The molecule has 2 rings (SSSR count). The number of carboxylic acid groups (broad SMARTS) is 1. The standard InChI is InChI=1S/C15H12F2O4/c16-12-7-10(15(19)20)8-13(17)14(12)21-11-3-1-9(2-4-11)5-6-18/h1-4,7-8,18H,5-6H2,(H,19,20). The molecule has 0 atom stereocenters. The Morgan fingerprint density at radius 2 is 1.67 bits per heavy atom. The van der Waals surface area contributed by atoms with E-state index in [1.165, 1.54) is 12.1 Å². The zero-order valence-corrected chi connectivity index (χ0v) is 10.8. The Hall–Kier alpha value is -2.47. The quantitative estimate of drug-likeness (QED) is 0.889. The molecule has 0 radical (unpaired) electrons. The number of halogens is 2. The molecule has 0 aliphatic rings. The summed E-state index contributed by atoms with van der Waals surface area (Å²) in [5.41, 5.74) is 0.364. The van der Waals surface area contributed by atoms with Crippen LogP contribution < -0.4 is 4.74 Å². The molecule has 0 aliphatic heterocycles. The van der Waals surface area contributed by atoms with Crippen molar-refractivity contribution in [2.24, 2.45) is 0 Å². The monoisotopic (exact) mass is 294 g/mol. The fraction of sp³-hybridized carbons (Fsp3) is 0.133. The molecule has 0 amide bonds. The third-order valence-electron chi connectivity index (χ3n) is 2.79. The summed E-state index contributed by atoms with van der Waals surface area (Å²) in [6.07, 6.45) is 0.469. The molecule has 0 saturated heterocycles. The highest BCUT2D eigenvalue weighted by molar-refractivity contribution is 5.87. The van der Waals surface area contributed by atoms with Crippen LogP contribution in [0.25, 0.3) is 0 Å². The van der Waals surface area contributed by atoms with Crippen LogP contribution >= 0.6 is 0 Å². The van der Waals surface area contributed by atoms with Crippen LogP contribution in [-0.2, 0) is 6.42 Å². The first-order valence-electron chi connectivity index (χ1n) is 6.11. The summed E-state index contributed by atoms with van der Waals surface area (Å²) in [5.74, 6) is -4.06. The van der Waals surface area contributed by atoms with E-state index in [2.05, 4.69) is 0 Å². The fourth-order valence-electron chi connectivity index (χ4n) is 1.75. The summed E-state index contributed by atoms with van der Waals surface area (Å²) < 4.78 is 32.5. The molecule has 110 valence electrons. The van der Waals surface area contributed by atoms with Gasteiger partial charge in [0.25, 0.3) is 0 Å². The molecule has 4 nitrogen and oxygen atoms in total. The van der Waals surface area contributed by atoms with E-state index >= 15 is 0 Å². The molecule has 2 N–H and O–H groups in total. The Labute approximate surface area is 119 Å². The van der Waals surface area contributed by atoms with Crippen molar-refractivity contribution < 1.29 is 28.5 Å². The number of aliphatic hydroxyl groups excluding tert-OH is 1. The van der Waals surface area contributed by atoms with Crippen LogP contribution in [0.2, 0.25) is 0 Å². The Morgan fingerprint density at radius 3 is 2.14 bits per heavy atom. The molecule has 0 saturated carbocycles. The fourth-order valence-corrected chi connectivity index (χ4v) is 1.75. The van der Waals surface area contributed by atoms with Crippen LogP contribution in [0.15, 0.2) is 36.4 Å². The van der Waals surface area contributed by atoms with Crippen LogP contribution in [0.1, 0.15) is 15.9 Å². The minimum Gasteiger partial charge on any atom is -0.478 e. The van der Waals surface area contributed by atoms with E-state index in [0.717, 1.165) is 5.56 Å². The van der Waals surface area contributed by atoms with E-state index in [4.69, 9.17) is 14.9 Å². The normalized spacial score (nSPS) is 10.4. The molecule has 0 aliphatic carbocycles. The van der Waals surface area contributed by atoms with Gasteiger partial charge in [-0.15, -0.1) is 0 Å². The number of aliphatic hydroxyl groups is 1. The number of carboxylic acids is 1. The van der Waals surface area contributed by atoms with Crippen LogP contribution in [0.5, 0.6) is 11.5 Å². The van der Waals surface area contributed by atoms with Gasteiger partial charge >= 0.3 is 5.97 Å². The van der Waals surface area contributed by atoms with Crippen molar-refractivity contribution in [2.75, 3.05) is 6.61 Å². The summed E-state index contributed by atoms with van der Waals surface area (Å²) in [4.78, 5) is 10.7. The largest absolute Gasteiger partial charge is 0.478 e. The van der Waals surface area contributed by atoms with Crippen molar-refractivity contribution in [3.05, 3.63) is 59.2 Å². The van der Waals surface area contributed by atoms with E-state index in [1.807, 2.05) is 0 Å². The zero-order chi connectivity index (χ0) is 15.4. The van der Waals surface area contributed by atoms with Gasteiger partial charge < -0.3 is 14.9 Å². The number of rotatable bonds is 5. The lowest BCUT2D eigenvalue weighted by Gasteiger charge is -2.09. The average Bonchev–Trinajstić information content (AvgIpc) is 2.44. The van der Waals surface area contributed by atoms with Crippen LogP contribution in [0.3, 0.4) is 0 Å². The maximum Gasteiger partial charge on any atom is 0.335 e. The highest BCUT2D eigenvalue weighted by atomic mass is 19.1. The van der Waals surface area contributed by atoms with Gasteiger partial charge in [0.1, 0.15) is 5.75 Å². The molecule has 0 unspecified atom stereocenters. The lowest BCUT2D eigenvalue weighted by atomic mass is 10.1. The summed E-state index contributed by atoms with van der Waals surface area (Å²) in [6, 6.07) is 7.73. The maximum absolute atomic E-state index is 13.7. The van der Waals surface area contributed by atoms with Crippen LogP contribution in [0, 0.1) is 11.6 Å². The van der Waals surface area contributed by atoms with E-state index in [0.29, 0.717) is 18.6 Å². The third kappa shape index (κ3) is 3.55. The van der Waals surface area contributed by atoms with Gasteiger partial charge in [0.2, 0.25) is 0 Å². The van der Waals surface area contributed by atoms with Crippen LogP contribution in [0.4, 0.5) is 8.78 Å². The Balaban J connectivity index is 2.25. The first-order valence-corrected chi connectivity index (χ1v) is 6.11. The highest BCUT2D eigenvalue weighted by Gasteiger charge is 2.16. The minimum atomic E-state index is -1.42. The molecule has 0 heterocycles. The first-order chi connectivity index (χ1) is 10.0. The molecule has 2 aromatic carbocycles. The third-order valence-corrected chi connectivity index (χ3v) is 2.79. The summed E-state index contributed by atoms with van der Waals surface area (Å²) in [7, 11) is 0. The van der Waals surface area contributed by atoms with Gasteiger partial charge in [0.15, 0.2) is 17.4 Å². The molecule has 0 aromatic heterocycles. The van der Waals surface area contributed by atoms with E-state index in [1.54, 1.807) is 12.1 Å². The van der Waals surface area contributed by atoms with Gasteiger partial charge in [0, 0.05) is 6.61 Å². The maximum atomic E-state index is 13.7. The van der Waals surface area contributed by atoms with Gasteiger partial charge in [-0.05, 0) is 36.2 Å². The second kappa shape index (κ2) is 6.32. The summed E-state index contributed by atoms with van der Waals surface area (Å²) in [6.45, 7) is 0.000110. The molecular formula is C15H12F2O4. The number of ether oxygens (including phenoxy) is 1. The van der Waals surface area contributed by atoms with Crippen molar-refractivity contribution in [3.63, 3.8) is 0 Å². The zero-order valence-electron chi connectivity index (χ0n) is 10.8. The predicted octanol–water partition coefficient (Wildman–Crippen LogP) is 2.99. The Morgan fingerprint density at radius 1 is 1.10 bits per heavy atom. The molecule has 0 spiro atoms. The van der Waals surface area contributed by atoms with Gasteiger partial charge in [-0.3, -0.25) is 0 Å². The number of benzene rings is 2. The van der Waals surface area contributed by atoms with Crippen molar-refractivity contribution in [1.82, 2.24) is 0 Å². The van der Waals surface area contributed by atoms with Crippen molar-refractivity contribution >= 4 is 5.97 Å². The average molecular weight is 294 g/mol. The summed E-state index contributed by atoms with van der Waals surface area (Å²) >= 11 is 0. The molecular weight excluding hydrogens is 282 g/mol. The van der Waals surface area contributed by atoms with E-state index in [-0.39, 0.29) is 12.4 Å². The Bertz CT molecular complexity index is 630. The predicted molar refractivity (Wildman–Crippen MR) is 70.6 cm³/mol. The van der Waals surface area contributed by atoms with Crippen molar-refractivity contribution in [2.45, 2.75) is 6.42 Å². The highest BCUT2D eigenvalue weighted by Crippen LogP contribution is 2.28. The second-order valence-electron chi connectivity index (χ2n) is 4.29. The lowest BCUT2D eigenvalue weighted by molar-refractivity contribution is 0.0695. The second-order valence-corrected chi connectivity index (χ2v) is 4.29. The molecule has 0 fully saturated rings.